The van der Waals surface area contributed by atoms with Crippen LogP contribution < -0.4 is 15.0 Å². The van der Waals surface area contributed by atoms with Gasteiger partial charge in [0.1, 0.15) is 12.4 Å². The molecule has 0 aliphatic rings. The molecule has 4 rings (SSSR count). The Morgan fingerprint density at radius 1 is 1.00 bits per heavy atom. The van der Waals surface area contributed by atoms with Crippen molar-refractivity contribution in [2.24, 2.45) is 5.10 Å². The summed E-state index contributed by atoms with van der Waals surface area (Å²) in [7, 11) is 0. The number of aromatic nitrogens is 2. The van der Waals surface area contributed by atoms with E-state index in [1.54, 1.807) is 24.4 Å². The number of rotatable bonds is 7. The molecule has 198 valence electrons. The van der Waals surface area contributed by atoms with Gasteiger partial charge in [0.15, 0.2) is 11.5 Å². The number of nitrogens with zero attached hydrogens (tertiary/aromatic N) is 3. The van der Waals surface area contributed by atoms with E-state index in [1.807, 2.05) is 58.0 Å². The molecule has 0 amide bonds. The van der Waals surface area contributed by atoms with Crippen molar-refractivity contribution in [1.82, 2.24) is 9.66 Å². The van der Waals surface area contributed by atoms with Crippen LogP contribution in [0, 0.1) is 0 Å². The van der Waals surface area contributed by atoms with Crippen LogP contribution in [0.3, 0.4) is 0 Å². The predicted octanol–water partition coefficient (Wildman–Crippen LogP) is 8.39. The fourth-order valence-electron chi connectivity index (χ4n) is 3.68. The topological polar surface area (TPSA) is 65.7 Å². The van der Waals surface area contributed by atoms with Crippen LogP contribution in [0.2, 0.25) is 10.0 Å². The second kappa shape index (κ2) is 11.8. The summed E-state index contributed by atoms with van der Waals surface area (Å²) in [4.78, 5) is 18.2. The average Bonchev–Trinajstić information content (AvgIpc) is 2.85. The molecule has 0 spiro atoms. The molecule has 6 nitrogen and oxygen atoms in total. The molecule has 4 aromatic rings. The minimum Gasteiger partial charge on any atom is -0.490 e. The number of hydrogen-bond donors (Lipinski definition) is 0. The Balaban J connectivity index is 1.72. The Labute approximate surface area is 247 Å². The van der Waals surface area contributed by atoms with Gasteiger partial charge in [-0.15, -0.1) is 0 Å². The van der Waals surface area contributed by atoms with E-state index in [0.717, 1.165) is 14.5 Å². The average molecular weight is 682 g/mol. The van der Waals surface area contributed by atoms with Crippen LogP contribution in [0.15, 0.2) is 67.4 Å². The van der Waals surface area contributed by atoms with Crippen LogP contribution in [-0.2, 0) is 12.0 Å². The molecule has 3 aromatic carbocycles. The van der Waals surface area contributed by atoms with E-state index in [0.29, 0.717) is 50.4 Å². The van der Waals surface area contributed by atoms with Gasteiger partial charge < -0.3 is 9.47 Å². The summed E-state index contributed by atoms with van der Waals surface area (Å²) >= 11 is 19.2. The van der Waals surface area contributed by atoms with E-state index >= 15 is 0 Å². The first-order chi connectivity index (χ1) is 18.0. The smallest absolute Gasteiger partial charge is 0.282 e. The van der Waals surface area contributed by atoms with Gasteiger partial charge >= 0.3 is 0 Å². The Morgan fingerprint density at radius 2 is 1.74 bits per heavy atom. The molecule has 10 heteroatoms. The first-order valence-electron chi connectivity index (χ1n) is 11.8. The lowest BCUT2D eigenvalue weighted by Crippen LogP contribution is -2.29. The van der Waals surface area contributed by atoms with Crippen LogP contribution in [0.25, 0.3) is 10.9 Å². The molecule has 0 aliphatic heterocycles. The van der Waals surface area contributed by atoms with E-state index in [4.69, 9.17) is 37.7 Å². The van der Waals surface area contributed by atoms with Crippen LogP contribution in [0.4, 0.5) is 0 Å². The summed E-state index contributed by atoms with van der Waals surface area (Å²) in [5.41, 5.74) is 1.52. The zero-order valence-electron chi connectivity index (χ0n) is 21.2. The molecule has 0 N–H and O–H groups in total. The Bertz CT molecular complexity index is 1600. The monoisotopic (exact) mass is 679 g/mol. The third-order valence-electron chi connectivity index (χ3n) is 5.53. The van der Waals surface area contributed by atoms with Gasteiger partial charge in [-0.05, 0) is 70.9 Å². The number of halogens is 4. The number of ether oxygens (including phenoxy) is 2. The molecule has 1 aromatic heterocycles. The van der Waals surface area contributed by atoms with E-state index in [2.05, 4.69) is 37.0 Å². The molecular weight excluding hydrogens is 657 g/mol. The van der Waals surface area contributed by atoms with Gasteiger partial charge in [-0.1, -0.05) is 66.0 Å². The second-order valence-electron chi connectivity index (χ2n) is 9.50. The maximum absolute atomic E-state index is 13.5. The third kappa shape index (κ3) is 6.42. The highest BCUT2D eigenvalue weighted by Gasteiger charge is 2.23. The van der Waals surface area contributed by atoms with Crippen molar-refractivity contribution in [2.45, 2.75) is 39.7 Å². The highest BCUT2D eigenvalue weighted by Crippen LogP contribution is 2.34. The van der Waals surface area contributed by atoms with Crippen molar-refractivity contribution in [3.05, 3.63) is 94.8 Å². The highest BCUT2D eigenvalue weighted by atomic mass is 79.9. The third-order valence-corrected chi connectivity index (χ3v) is 7.45. The van der Waals surface area contributed by atoms with Crippen LogP contribution >= 0.6 is 55.1 Å². The molecule has 0 atom stereocenters. The van der Waals surface area contributed by atoms with Gasteiger partial charge in [-0.25, -0.2) is 4.98 Å². The normalized spacial score (nSPS) is 11.9. The largest absolute Gasteiger partial charge is 0.490 e. The fourth-order valence-corrected chi connectivity index (χ4v) is 4.79. The summed E-state index contributed by atoms with van der Waals surface area (Å²) in [6, 6.07) is 14.4. The van der Waals surface area contributed by atoms with Gasteiger partial charge in [0, 0.05) is 19.9 Å². The van der Waals surface area contributed by atoms with Gasteiger partial charge in [0.2, 0.25) is 0 Å². The van der Waals surface area contributed by atoms with Crippen molar-refractivity contribution in [3.63, 3.8) is 0 Å². The molecule has 0 aliphatic carbocycles. The van der Waals surface area contributed by atoms with E-state index in [1.165, 1.54) is 4.68 Å². The van der Waals surface area contributed by atoms with Crippen molar-refractivity contribution in [2.75, 3.05) is 6.61 Å². The summed E-state index contributed by atoms with van der Waals surface area (Å²) in [5, 5.41) is 6.00. The van der Waals surface area contributed by atoms with Crippen molar-refractivity contribution in [3.8, 4) is 11.5 Å². The SMILES string of the molecule is CCOc1cc(C=Nn2c(C(C)(C)C)nc3ccc(Br)cc3c2=O)c(Br)cc1OCc1ccc(Cl)c(Cl)c1. The molecule has 0 fully saturated rings. The van der Waals surface area contributed by atoms with Crippen molar-refractivity contribution in [1.29, 1.82) is 0 Å². The first kappa shape index (κ1) is 28.6. The lowest BCUT2D eigenvalue weighted by Gasteiger charge is -2.21. The van der Waals surface area contributed by atoms with E-state index in [-0.39, 0.29) is 12.2 Å². The maximum atomic E-state index is 13.5. The van der Waals surface area contributed by atoms with Crippen LogP contribution in [0.5, 0.6) is 11.5 Å². The summed E-state index contributed by atoms with van der Waals surface area (Å²) in [6.45, 7) is 8.60. The lowest BCUT2D eigenvalue weighted by atomic mass is 9.95. The molecule has 38 heavy (non-hydrogen) atoms. The van der Waals surface area contributed by atoms with E-state index in [9.17, 15) is 4.79 Å². The molecular formula is C28H25Br2Cl2N3O3. The van der Waals surface area contributed by atoms with Gasteiger partial charge in [0.05, 0.1) is 33.8 Å². The van der Waals surface area contributed by atoms with Crippen molar-refractivity contribution >= 4 is 72.2 Å². The maximum Gasteiger partial charge on any atom is 0.282 e. The Hall–Kier alpha value is -2.39. The van der Waals surface area contributed by atoms with Gasteiger partial charge in [-0.3, -0.25) is 4.79 Å². The van der Waals surface area contributed by atoms with Gasteiger partial charge in [0.25, 0.3) is 5.56 Å². The number of hydrogen-bond acceptors (Lipinski definition) is 5. The molecule has 0 saturated heterocycles. The molecule has 1 heterocycles. The van der Waals surface area contributed by atoms with Crippen LogP contribution in [0.1, 0.15) is 44.6 Å². The second-order valence-corrected chi connectivity index (χ2v) is 12.1. The predicted molar refractivity (Wildman–Crippen MR) is 161 cm³/mol. The fraction of sp³-hybridized carbons (Fsp3) is 0.250. The molecule has 0 bridgehead atoms. The summed E-state index contributed by atoms with van der Waals surface area (Å²) in [5.74, 6) is 1.64. The first-order valence-corrected chi connectivity index (χ1v) is 14.1. The minimum absolute atomic E-state index is 0.250. The lowest BCUT2D eigenvalue weighted by molar-refractivity contribution is 0.269. The quantitative estimate of drug-likeness (QED) is 0.184. The van der Waals surface area contributed by atoms with Crippen LogP contribution in [-0.4, -0.2) is 22.5 Å². The summed E-state index contributed by atoms with van der Waals surface area (Å²) < 4.78 is 14.8. The molecule has 0 unspecified atom stereocenters. The highest BCUT2D eigenvalue weighted by molar-refractivity contribution is 9.10. The van der Waals surface area contributed by atoms with Crippen molar-refractivity contribution < 1.29 is 9.47 Å². The molecule has 0 saturated carbocycles. The standard InChI is InChI=1S/C28H25Br2Cl2N3O3/c1-5-37-24-11-17(20(30)13-25(24)38-15-16-6-8-21(31)22(32)10-16)14-33-35-26(36)19-12-18(29)7-9-23(19)34-27(35)28(2,3)4/h6-14H,5,15H2,1-4H3. The zero-order chi connectivity index (χ0) is 27.6. The Morgan fingerprint density at radius 3 is 2.42 bits per heavy atom. The summed E-state index contributed by atoms with van der Waals surface area (Å²) in [6.07, 6.45) is 1.61. The number of benzene rings is 3. The zero-order valence-corrected chi connectivity index (χ0v) is 25.9. The van der Waals surface area contributed by atoms with E-state index < -0.39 is 5.41 Å². The Kier molecular flexibility index (Phi) is 8.87. The molecule has 0 radical (unpaired) electrons. The minimum atomic E-state index is -0.423. The van der Waals surface area contributed by atoms with Gasteiger partial charge in [-0.2, -0.15) is 9.78 Å². The number of fused-ring (bicyclic) bond motifs is 1.